The lowest BCUT2D eigenvalue weighted by Crippen LogP contribution is -2.16. The lowest BCUT2D eigenvalue weighted by Gasteiger charge is -2.10. The van der Waals surface area contributed by atoms with Crippen molar-refractivity contribution in [2.75, 3.05) is 24.3 Å². The van der Waals surface area contributed by atoms with Gasteiger partial charge in [-0.3, -0.25) is 4.79 Å². The lowest BCUT2D eigenvalue weighted by atomic mass is 10.2. The van der Waals surface area contributed by atoms with E-state index in [9.17, 15) is 9.18 Å². The van der Waals surface area contributed by atoms with Gasteiger partial charge >= 0.3 is 0 Å². The molecule has 2 rings (SSSR count). The third kappa shape index (κ3) is 4.49. The van der Waals surface area contributed by atoms with Crippen molar-refractivity contribution >= 4 is 17.3 Å². The minimum absolute atomic E-state index is 0.135. The Hall–Kier alpha value is -2.56. The van der Waals surface area contributed by atoms with Gasteiger partial charge in [-0.15, -0.1) is 0 Å². The van der Waals surface area contributed by atoms with Crippen LogP contribution in [0.15, 0.2) is 48.5 Å². The third-order valence-electron chi connectivity index (χ3n) is 2.90. The fourth-order valence-corrected chi connectivity index (χ4v) is 1.86. The topological polar surface area (TPSA) is 50.4 Å². The number of carbonyl (C=O) groups is 1. The first-order valence-electron chi connectivity index (χ1n) is 6.61. The molecule has 0 saturated carbocycles. The van der Waals surface area contributed by atoms with Crippen LogP contribution >= 0.6 is 0 Å². The molecule has 0 atom stereocenters. The number of hydrogen-bond donors (Lipinski definition) is 2. The van der Waals surface area contributed by atoms with Gasteiger partial charge < -0.3 is 15.4 Å². The summed E-state index contributed by atoms with van der Waals surface area (Å²) in [7, 11) is 1.60. The zero-order valence-corrected chi connectivity index (χ0v) is 11.7. The maximum atomic E-state index is 12.8. The Kier molecular flexibility index (Phi) is 5.15. The Morgan fingerprint density at radius 3 is 2.57 bits per heavy atom. The van der Waals surface area contributed by atoms with Gasteiger partial charge in [0.1, 0.15) is 11.6 Å². The Labute approximate surface area is 122 Å². The molecule has 21 heavy (non-hydrogen) atoms. The second-order valence-corrected chi connectivity index (χ2v) is 4.43. The number of nitrogens with one attached hydrogen (secondary N) is 2. The van der Waals surface area contributed by atoms with E-state index in [1.54, 1.807) is 7.11 Å². The molecule has 0 unspecified atom stereocenters. The molecule has 0 fully saturated rings. The quantitative estimate of drug-likeness (QED) is 0.857. The van der Waals surface area contributed by atoms with E-state index >= 15 is 0 Å². The van der Waals surface area contributed by atoms with Crippen LogP contribution in [-0.2, 0) is 4.79 Å². The second kappa shape index (κ2) is 7.28. The van der Waals surface area contributed by atoms with Crippen LogP contribution in [0.2, 0.25) is 0 Å². The molecule has 0 spiro atoms. The summed E-state index contributed by atoms with van der Waals surface area (Å²) in [6.45, 7) is 0.480. The van der Waals surface area contributed by atoms with E-state index in [-0.39, 0.29) is 11.7 Å². The molecule has 2 N–H and O–H groups in total. The van der Waals surface area contributed by atoms with Crippen LogP contribution in [0.1, 0.15) is 6.42 Å². The first-order chi connectivity index (χ1) is 10.2. The maximum absolute atomic E-state index is 12.8. The smallest absolute Gasteiger partial charge is 0.226 e. The molecule has 4 nitrogen and oxygen atoms in total. The summed E-state index contributed by atoms with van der Waals surface area (Å²) in [5.41, 5.74) is 1.42. The maximum Gasteiger partial charge on any atom is 0.226 e. The standard InChI is InChI=1S/C16H17FN2O2/c1-21-15-5-3-2-4-14(15)18-11-10-16(20)19-13-8-6-12(17)7-9-13/h2-9,18H,10-11H2,1H3,(H,19,20). The van der Waals surface area contributed by atoms with E-state index < -0.39 is 0 Å². The zero-order valence-electron chi connectivity index (χ0n) is 11.7. The van der Waals surface area contributed by atoms with Gasteiger partial charge in [0.25, 0.3) is 0 Å². The number of methoxy groups -OCH3 is 1. The molecule has 0 heterocycles. The van der Waals surface area contributed by atoms with E-state index in [2.05, 4.69) is 10.6 Å². The van der Waals surface area contributed by atoms with Crippen molar-refractivity contribution in [3.8, 4) is 5.75 Å². The summed E-state index contributed by atoms with van der Waals surface area (Å²) in [6, 6.07) is 13.2. The van der Waals surface area contributed by atoms with Gasteiger partial charge in [-0.05, 0) is 36.4 Å². The average molecular weight is 288 g/mol. The molecule has 2 aromatic carbocycles. The van der Waals surface area contributed by atoms with Crippen molar-refractivity contribution in [1.82, 2.24) is 0 Å². The van der Waals surface area contributed by atoms with E-state index in [4.69, 9.17) is 4.74 Å². The Balaban J connectivity index is 1.80. The number of rotatable bonds is 6. The van der Waals surface area contributed by atoms with Crippen LogP contribution < -0.4 is 15.4 Å². The molecule has 2 aromatic rings. The van der Waals surface area contributed by atoms with Gasteiger partial charge in [0.05, 0.1) is 12.8 Å². The molecule has 0 aliphatic rings. The van der Waals surface area contributed by atoms with E-state index in [0.717, 1.165) is 11.4 Å². The second-order valence-electron chi connectivity index (χ2n) is 4.43. The van der Waals surface area contributed by atoms with Gasteiger partial charge in [-0.2, -0.15) is 0 Å². The van der Waals surface area contributed by atoms with Gasteiger partial charge in [0.15, 0.2) is 0 Å². The molecule has 0 aromatic heterocycles. The highest BCUT2D eigenvalue weighted by molar-refractivity contribution is 5.90. The van der Waals surface area contributed by atoms with Crippen molar-refractivity contribution in [1.29, 1.82) is 0 Å². The molecule has 0 aliphatic carbocycles. The van der Waals surface area contributed by atoms with Gasteiger partial charge in [0, 0.05) is 18.7 Å². The molecule has 5 heteroatoms. The first-order valence-corrected chi connectivity index (χ1v) is 6.61. The molecule has 0 saturated heterocycles. The highest BCUT2D eigenvalue weighted by atomic mass is 19.1. The zero-order chi connectivity index (χ0) is 15.1. The highest BCUT2D eigenvalue weighted by Gasteiger charge is 2.04. The Morgan fingerprint density at radius 1 is 1.14 bits per heavy atom. The normalized spacial score (nSPS) is 10.0. The number of amides is 1. The monoisotopic (exact) mass is 288 g/mol. The summed E-state index contributed by atoms with van der Waals surface area (Å²) in [5, 5.41) is 5.85. The molecule has 0 bridgehead atoms. The lowest BCUT2D eigenvalue weighted by molar-refractivity contribution is -0.115. The summed E-state index contributed by atoms with van der Waals surface area (Å²) in [4.78, 5) is 11.8. The summed E-state index contributed by atoms with van der Waals surface area (Å²) in [6.07, 6.45) is 0.301. The highest BCUT2D eigenvalue weighted by Crippen LogP contribution is 2.22. The molecular weight excluding hydrogens is 271 g/mol. The molecular formula is C16H17FN2O2. The predicted molar refractivity (Wildman–Crippen MR) is 81.1 cm³/mol. The molecule has 0 radical (unpaired) electrons. The van der Waals surface area contributed by atoms with E-state index in [1.807, 2.05) is 24.3 Å². The predicted octanol–water partition coefficient (Wildman–Crippen LogP) is 3.28. The average Bonchev–Trinajstić information content (AvgIpc) is 2.50. The molecule has 0 aliphatic heterocycles. The SMILES string of the molecule is COc1ccccc1NCCC(=O)Nc1ccc(F)cc1. The fraction of sp³-hybridized carbons (Fsp3) is 0.188. The van der Waals surface area contributed by atoms with Crippen LogP contribution in [-0.4, -0.2) is 19.6 Å². The third-order valence-corrected chi connectivity index (χ3v) is 2.90. The van der Waals surface area contributed by atoms with Crippen molar-refractivity contribution in [3.63, 3.8) is 0 Å². The molecule has 1 amide bonds. The minimum atomic E-state index is -0.328. The van der Waals surface area contributed by atoms with Gasteiger partial charge in [0.2, 0.25) is 5.91 Å². The largest absolute Gasteiger partial charge is 0.495 e. The summed E-state index contributed by atoms with van der Waals surface area (Å²) < 4.78 is 18.0. The summed E-state index contributed by atoms with van der Waals surface area (Å²) in [5.74, 6) is 0.270. The van der Waals surface area contributed by atoms with E-state index in [1.165, 1.54) is 24.3 Å². The van der Waals surface area contributed by atoms with Crippen molar-refractivity contribution < 1.29 is 13.9 Å². The Morgan fingerprint density at radius 2 is 1.86 bits per heavy atom. The van der Waals surface area contributed by atoms with Crippen LogP contribution in [0.5, 0.6) is 5.75 Å². The van der Waals surface area contributed by atoms with E-state index in [0.29, 0.717) is 18.7 Å². The first kappa shape index (κ1) is 14.8. The fourth-order valence-electron chi connectivity index (χ4n) is 1.86. The number of ether oxygens (including phenoxy) is 1. The van der Waals surface area contributed by atoms with Crippen LogP contribution in [0.25, 0.3) is 0 Å². The number of carbonyl (C=O) groups excluding carboxylic acids is 1. The minimum Gasteiger partial charge on any atom is -0.495 e. The van der Waals surface area contributed by atoms with Gasteiger partial charge in [-0.25, -0.2) is 4.39 Å². The van der Waals surface area contributed by atoms with Crippen LogP contribution in [0, 0.1) is 5.82 Å². The number of para-hydroxylation sites is 2. The number of halogens is 1. The van der Waals surface area contributed by atoms with Gasteiger partial charge in [-0.1, -0.05) is 12.1 Å². The van der Waals surface area contributed by atoms with Crippen molar-refractivity contribution in [2.45, 2.75) is 6.42 Å². The van der Waals surface area contributed by atoms with Crippen molar-refractivity contribution in [2.24, 2.45) is 0 Å². The Bertz CT molecular complexity index is 599. The number of hydrogen-bond acceptors (Lipinski definition) is 3. The summed E-state index contributed by atoms with van der Waals surface area (Å²) >= 11 is 0. The van der Waals surface area contributed by atoms with Crippen molar-refractivity contribution in [3.05, 3.63) is 54.3 Å². The number of benzene rings is 2. The van der Waals surface area contributed by atoms with Crippen LogP contribution in [0.3, 0.4) is 0 Å². The number of anilines is 2. The molecule has 110 valence electrons. The van der Waals surface area contributed by atoms with Crippen LogP contribution in [0.4, 0.5) is 15.8 Å².